The van der Waals surface area contributed by atoms with E-state index in [9.17, 15) is 0 Å². The number of fused-ring (bicyclic) bond motifs is 1. The number of hydrogen-bond donors (Lipinski definition) is 1. The van der Waals surface area contributed by atoms with Gasteiger partial charge in [-0.2, -0.15) is 0 Å². The Bertz CT molecular complexity index is 479. The molecular formula is C19H24N. The second-order valence-electron chi connectivity index (χ2n) is 6.30. The van der Waals surface area contributed by atoms with Crippen LogP contribution in [0.5, 0.6) is 0 Å². The molecule has 2 aliphatic rings. The summed E-state index contributed by atoms with van der Waals surface area (Å²) in [5, 5.41) is 3.71. The molecule has 0 amide bonds. The molecule has 0 aromatic heterocycles. The standard InChI is InChI=1S/C19H24N/c1-11-9-10-16-7-6-8-17(19(16)20-11)18-14(4)12(2)13(3)15(18)5/h6-8,11,20H,9-10H2,1-5H3. The SMILES string of the molecule is C[C]1[C](C)[C](C)[C](c2cccc3c2NC(C)CC3)[C]1C. The predicted molar refractivity (Wildman–Crippen MR) is 85.9 cm³/mol. The normalized spacial score (nSPS) is 26.8. The van der Waals surface area contributed by atoms with Crippen molar-refractivity contribution in [3.05, 3.63) is 58.9 Å². The molecule has 1 fully saturated rings. The second kappa shape index (κ2) is 5.09. The van der Waals surface area contributed by atoms with Crippen LogP contribution in [0.25, 0.3) is 0 Å². The number of benzene rings is 1. The van der Waals surface area contributed by atoms with Crippen LogP contribution in [0.2, 0.25) is 0 Å². The molecule has 1 N–H and O–H groups in total. The van der Waals surface area contributed by atoms with Gasteiger partial charge in [-0.3, -0.25) is 0 Å². The molecule has 105 valence electrons. The molecule has 0 bridgehead atoms. The zero-order chi connectivity index (χ0) is 14.4. The fourth-order valence-corrected chi connectivity index (χ4v) is 3.50. The van der Waals surface area contributed by atoms with Crippen molar-refractivity contribution in [1.82, 2.24) is 0 Å². The fraction of sp³-hybridized carbons (Fsp3) is 0.421. The van der Waals surface area contributed by atoms with Gasteiger partial charge in [0.25, 0.3) is 0 Å². The van der Waals surface area contributed by atoms with E-state index < -0.39 is 0 Å². The van der Waals surface area contributed by atoms with Crippen LogP contribution in [0.3, 0.4) is 0 Å². The highest BCUT2D eigenvalue weighted by molar-refractivity contribution is 5.75. The average molecular weight is 266 g/mol. The molecule has 20 heavy (non-hydrogen) atoms. The first-order valence-electron chi connectivity index (χ1n) is 7.62. The lowest BCUT2D eigenvalue weighted by atomic mass is 9.80. The van der Waals surface area contributed by atoms with E-state index in [1.165, 1.54) is 59.2 Å². The van der Waals surface area contributed by atoms with Crippen LogP contribution in [0.4, 0.5) is 5.69 Å². The summed E-state index contributed by atoms with van der Waals surface area (Å²) < 4.78 is 0. The van der Waals surface area contributed by atoms with E-state index in [2.05, 4.69) is 58.1 Å². The Labute approximate surface area is 124 Å². The first-order valence-corrected chi connectivity index (χ1v) is 7.62. The van der Waals surface area contributed by atoms with Gasteiger partial charge in [0.1, 0.15) is 0 Å². The minimum atomic E-state index is 0.571. The van der Waals surface area contributed by atoms with Gasteiger partial charge in [0.15, 0.2) is 0 Å². The molecular weight excluding hydrogens is 242 g/mol. The molecule has 1 heterocycles. The number of hydrogen-bond acceptors (Lipinski definition) is 1. The maximum Gasteiger partial charge on any atom is 0.0413 e. The number of rotatable bonds is 1. The summed E-state index contributed by atoms with van der Waals surface area (Å²) in [7, 11) is 0. The van der Waals surface area contributed by atoms with Gasteiger partial charge < -0.3 is 5.32 Å². The minimum absolute atomic E-state index is 0.571. The fourth-order valence-electron chi connectivity index (χ4n) is 3.50. The molecule has 3 rings (SSSR count). The summed E-state index contributed by atoms with van der Waals surface area (Å²) in [6.45, 7) is 11.3. The maximum absolute atomic E-state index is 3.71. The second-order valence-corrected chi connectivity index (χ2v) is 6.30. The lowest BCUT2D eigenvalue weighted by Crippen LogP contribution is -2.24. The van der Waals surface area contributed by atoms with Crippen molar-refractivity contribution in [2.45, 2.75) is 53.5 Å². The largest absolute Gasteiger partial charge is 0.382 e. The summed E-state index contributed by atoms with van der Waals surface area (Å²) in [5.74, 6) is 7.21. The Kier molecular flexibility index (Phi) is 3.56. The first kappa shape index (κ1) is 14.0. The summed E-state index contributed by atoms with van der Waals surface area (Å²) >= 11 is 0. The lowest BCUT2D eigenvalue weighted by molar-refractivity contribution is 0.679. The van der Waals surface area contributed by atoms with E-state index in [-0.39, 0.29) is 0 Å². The quantitative estimate of drug-likeness (QED) is 0.773. The Morgan fingerprint density at radius 3 is 2.25 bits per heavy atom. The maximum atomic E-state index is 3.71. The van der Waals surface area contributed by atoms with Gasteiger partial charge in [-0.15, -0.1) is 0 Å². The molecule has 0 spiro atoms. The molecule has 1 heteroatoms. The number of nitrogens with one attached hydrogen (secondary N) is 1. The first-order chi connectivity index (χ1) is 9.50. The van der Waals surface area contributed by atoms with Crippen molar-refractivity contribution in [1.29, 1.82) is 0 Å². The van der Waals surface area contributed by atoms with Crippen molar-refractivity contribution in [3.63, 3.8) is 0 Å². The predicted octanol–water partition coefficient (Wildman–Crippen LogP) is 4.75. The summed E-state index contributed by atoms with van der Waals surface area (Å²) in [5.41, 5.74) is 4.22. The third-order valence-electron chi connectivity index (χ3n) is 5.10. The highest BCUT2D eigenvalue weighted by atomic mass is 14.9. The van der Waals surface area contributed by atoms with Crippen molar-refractivity contribution in [2.24, 2.45) is 0 Å². The van der Waals surface area contributed by atoms with Crippen molar-refractivity contribution in [2.75, 3.05) is 5.32 Å². The molecule has 1 aliphatic carbocycles. The molecule has 1 aromatic carbocycles. The number of para-hydroxylation sites is 1. The summed E-state index contributed by atoms with van der Waals surface area (Å²) in [6.07, 6.45) is 2.42. The summed E-state index contributed by atoms with van der Waals surface area (Å²) in [4.78, 5) is 0. The molecule has 1 nitrogen and oxygen atoms in total. The molecule has 1 saturated carbocycles. The van der Waals surface area contributed by atoms with E-state index >= 15 is 0 Å². The molecule has 5 radical (unpaired) electrons. The molecule has 1 atom stereocenters. The third-order valence-corrected chi connectivity index (χ3v) is 5.10. The van der Waals surface area contributed by atoms with Crippen LogP contribution in [0.1, 0.15) is 52.2 Å². The molecule has 0 saturated heterocycles. The van der Waals surface area contributed by atoms with E-state index in [1.54, 1.807) is 0 Å². The van der Waals surface area contributed by atoms with Crippen molar-refractivity contribution in [3.8, 4) is 0 Å². The zero-order valence-electron chi connectivity index (χ0n) is 13.2. The lowest BCUT2D eigenvalue weighted by Gasteiger charge is -2.30. The number of anilines is 1. The Morgan fingerprint density at radius 2 is 1.60 bits per heavy atom. The van der Waals surface area contributed by atoms with Gasteiger partial charge in [-0.05, 0) is 54.6 Å². The van der Waals surface area contributed by atoms with Gasteiger partial charge >= 0.3 is 0 Å². The van der Waals surface area contributed by atoms with Crippen LogP contribution in [-0.2, 0) is 6.42 Å². The average Bonchev–Trinajstić information content (AvgIpc) is 2.63. The van der Waals surface area contributed by atoms with Crippen molar-refractivity contribution >= 4 is 5.69 Å². The highest BCUT2D eigenvalue weighted by Gasteiger charge is 2.45. The van der Waals surface area contributed by atoms with E-state index in [1.807, 2.05) is 0 Å². The Balaban J connectivity index is 2.03. The van der Waals surface area contributed by atoms with Crippen LogP contribution in [0, 0.1) is 29.6 Å². The third kappa shape index (κ3) is 2.06. The van der Waals surface area contributed by atoms with Gasteiger partial charge in [-0.25, -0.2) is 0 Å². The zero-order valence-corrected chi connectivity index (χ0v) is 13.2. The summed E-state index contributed by atoms with van der Waals surface area (Å²) in [6, 6.07) is 7.33. The Hall–Kier alpha value is -0.980. The van der Waals surface area contributed by atoms with Crippen LogP contribution in [-0.4, -0.2) is 6.04 Å². The van der Waals surface area contributed by atoms with Gasteiger partial charge in [-0.1, -0.05) is 45.9 Å². The van der Waals surface area contributed by atoms with Crippen LogP contribution < -0.4 is 5.32 Å². The topological polar surface area (TPSA) is 12.0 Å². The van der Waals surface area contributed by atoms with Gasteiger partial charge in [0.2, 0.25) is 0 Å². The van der Waals surface area contributed by atoms with Crippen LogP contribution >= 0.6 is 0 Å². The Morgan fingerprint density at radius 1 is 0.950 bits per heavy atom. The van der Waals surface area contributed by atoms with Crippen LogP contribution in [0.15, 0.2) is 18.2 Å². The highest BCUT2D eigenvalue weighted by Crippen LogP contribution is 2.56. The molecule has 1 aromatic rings. The van der Waals surface area contributed by atoms with Gasteiger partial charge in [0, 0.05) is 17.6 Å². The smallest absolute Gasteiger partial charge is 0.0413 e. The molecule has 1 unspecified atom stereocenters. The van der Waals surface area contributed by atoms with Crippen molar-refractivity contribution < 1.29 is 0 Å². The monoisotopic (exact) mass is 266 g/mol. The van der Waals surface area contributed by atoms with E-state index in [0.29, 0.717) is 6.04 Å². The van der Waals surface area contributed by atoms with E-state index in [0.717, 1.165) is 0 Å². The van der Waals surface area contributed by atoms with Gasteiger partial charge in [0.05, 0.1) is 0 Å². The van der Waals surface area contributed by atoms with E-state index in [4.69, 9.17) is 0 Å². The molecule has 1 aliphatic heterocycles. The number of aryl methyl sites for hydroxylation is 1. The minimum Gasteiger partial charge on any atom is -0.382 e.